The summed E-state index contributed by atoms with van der Waals surface area (Å²) in [5.74, 6) is 0.824. The summed E-state index contributed by atoms with van der Waals surface area (Å²) in [5, 5.41) is 7.34. The molecule has 0 saturated heterocycles. The summed E-state index contributed by atoms with van der Waals surface area (Å²) in [7, 11) is 0. The summed E-state index contributed by atoms with van der Waals surface area (Å²) in [5.41, 5.74) is 10.7. The maximum Gasteiger partial charge on any atom is 0.233 e. The average molecular weight is 168 g/mol. The molecule has 1 aromatic heterocycles. The molecule has 5 nitrogen and oxygen atoms in total. The Labute approximate surface area is 70.7 Å². The molecule has 0 aliphatic rings. The van der Waals surface area contributed by atoms with Crippen LogP contribution in [0.5, 0.6) is 5.88 Å². The predicted molar refractivity (Wildman–Crippen MR) is 45.6 cm³/mol. The van der Waals surface area contributed by atoms with Crippen molar-refractivity contribution in [2.24, 2.45) is 5.73 Å². The molecule has 0 fully saturated rings. The van der Waals surface area contributed by atoms with Crippen LogP contribution in [-0.4, -0.2) is 22.8 Å². The van der Waals surface area contributed by atoms with E-state index in [4.69, 9.17) is 16.2 Å². The smallest absolute Gasteiger partial charge is 0.233 e. The molecule has 66 valence electrons. The molecule has 0 radical (unpaired) electrons. The topological polar surface area (TPSA) is 87.0 Å². The van der Waals surface area contributed by atoms with Crippen LogP contribution in [0.1, 0.15) is 6.92 Å². The number of hydrogen-bond donors (Lipinski definition) is 2. The Morgan fingerprint density at radius 3 is 2.75 bits per heavy atom. The van der Waals surface area contributed by atoms with E-state index in [2.05, 4.69) is 10.2 Å². The maximum absolute atomic E-state index is 5.35. The third kappa shape index (κ3) is 2.35. The normalized spacial score (nSPS) is 12.5. The molecule has 1 rings (SSSR count). The van der Waals surface area contributed by atoms with Crippen LogP contribution in [-0.2, 0) is 0 Å². The Morgan fingerprint density at radius 2 is 2.25 bits per heavy atom. The molecule has 0 amide bonds. The third-order valence-electron chi connectivity index (χ3n) is 1.31. The van der Waals surface area contributed by atoms with Crippen LogP contribution in [0.25, 0.3) is 0 Å². The SMILES string of the molecule is C[C@H](CN)Oc1ccc(N)nn1. The summed E-state index contributed by atoms with van der Waals surface area (Å²) in [6.45, 7) is 2.31. The van der Waals surface area contributed by atoms with Gasteiger partial charge in [0.1, 0.15) is 11.9 Å². The Balaban J connectivity index is 2.58. The van der Waals surface area contributed by atoms with Gasteiger partial charge in [-0.15, -0.1) is 10.2 Å². The predicted octanol–water partition coefficient (Wildman–Crippen LogP) is -0.215. The van der Waals surface area contributed by atoms with Gasteiger partial charge in [0.2, 0.25) is 5.88 Å². The van der Waals surface area contributed by atoms with Crippen molar-refractivity contribution >= 4 is 5.82 Å². The van der Waals surface area contributed by atoms with Gasteiger partial charge >= 0.3 is 0 Å². The minimum atomic E-state index is -0.0528. The van der Waals surface area contributed by atoms with Crippen molar-refractivity contribution in [1.82, 2.24) is 10.2 Å². The Kier molecular flexibility index (Phi) is 2.82. The number of ether oxygens (including phenoxy) is 1. The van der Waals surface area contributed by atoms with Crippen molar-refractivity contribution < 1.29 is 4.74 Å². The minimum Gasteiger partial charge on any atom is -0.472 e. The number of hydrogen-bond acceptors (Lipinski definition) is 5. The quantitative estimate of drug-likeness (QED) is 0.651. The molecule has 0 aliphatic heterocycles. The lowest BCUT2D eigenvalue weighted by molar-refractivity contribution is 0.218. The summed E-state index contributed by atoms with van der Waals surface area (Å²) in [6.07, 6.45) is -0.0528. The Hall–Kier alpha value is -1.36. The molecule has 0 spiro atoms. The third-order valence-corrected chi connectivity index (χ3v) is 1.31. The van der Waals surface area contributed by atoms with Crippen molar-refractivity contribution in [2.75, 3.05) is 12.3 Å². The highest BCUT2D eigenvalue weighted by Gasteiger charge is 2.01. The van der Waals surface area contributed by atoms with Gasteiger partial charge in [0.05, 0.1) is 0 Å². The standard InChI is InChI=1S/C7H12N4O/c1-5(4-8)12-7-3-2-6(9)10-11-7/h2-3,5H,4,8H2,1H3,(H2,9,10)/t5-/m1/s1. The zero-order valence-electron chi connectivity index (χ0n) is 6.90. The fourth-order valence-electron chi connectivity index (χ4n) is 0.647. The van der Waals surface area contributed by atoms with Crippen molar-refractivity contribution in [3.63, 3.8) is 0 Å². The van der Waals surface area contributed by atoms with Crippen LogP contribution in [0.15, 0.2) is 12.1 Å². The molecule has 0 saturated carbocycles. The molecular weight excluding hydrogens is 156 g/mol. The van der Waals surface area contributed by atoms with Gasteiger partial charge in [-0.25, -0.2) is 0 Å². The number of anilines is 1. The lowest BCUT2D eigenvalue weighted by atomic mass is 10.4. The molecular formula is C7H12N4O. The first-order valence-corrected chi connectivity index (χ1v) is 3.68. The Morgan fingerprint density at radius 1 is 1.50 bits per heavy atom. The van der Waals surface area contributed by atoms with Gasteiger partial charge in [0.25, 0.3) is 0 Å². The van der Waals surface area contributed by atoms with Gasteiger partial charge in [-0.05, 0) is 13.0 Å². The van der Waals surface area contributed by atoms with Crippen molar-refractivity contribution in [2.45, 2.75) is 13.0 Å². The van der Waals surface area contributed by atoms with E-state index in [9.17, 15) is 0 Å². The molecule has 0 unspecified atom stereocenters. The van der Waals surface area contributed by atoms with Gasteiger partial charge in [-0.3, -0.25) is 0 Å². The first kappa shape index (κ1) is 8.73. The van der Waals surface area contributed by atoms with E-state index in [1.54, 1.807) is 12.1 Å². The van der Waals surface area contributed by atoms with E-state index in [0.717, 1.165) is 0 Å². The van der Waals surface area contributed by atoms with Gasteiger partial charge in [-0.1, -0.05) is 0 Å². The average Bonchev–Trinajstić information content (AvgIpc) is 2.09. The maximum atomic E-state index is 5.35. The van der Waals surface area contributed by atoms with E-state index < -0.39 is 0 Å². The number of rotatable bonds is 3. The van der Waals surface area contributed by atoms with E-state index in [-0.39, 0.29) is 6.10 Å². The van der Waals surface area contributed by atoms with E-state index in [0.29, 0.717) is 18.2 Å². The fourth-order valence-corrected chi connectivity index (χ4v) is 0.647. The first-order valence-electron chi connectivity index (χ1n) is 3.68. The van der Waals surface area contributed by atoms with Gasteiger partial charge in [0.15, 0.2) is 0 Å². The van der Waals surface area contributed by atoms with Crippen molar-refractivity contribution in [3.8, 4) is 5.88 Å². The van der Waals surface area contributed by atoms with Crippen LogP contribution in [0.2, 0.25) is 0 Å². The highest BCUT2D eigenvalue weighted by atomic mass is 16.5. The molecule has 12 heavy (non-hydrogen) atoms. The second-order valence-corrected chi connectivity index (χ2v) is 2.46. The molecule has 1 aromatic rings. The van der Waals surface area contributed by atoms with Crippen LogP contribution in [0.4, 0.5) is 5.82 Å². The fraction of sp³-hybridized carbons (Fsp3) is 0.429. The molecule has 0 aliphatic carbocycles. The minimum absolute atomic E-state index is 0.0528. The van der Waals surface area contributed by atoms with Gasteiger partial charge in [0, 0.05) is 12.6 Å². The summed E-state index contributed by atoms with van der Waals surface area (Å²) in [6, 6.07) is 3.29. The molecule has 0 aromatic carbocycles. The lowest BCUT2D eigenvalue weighted by Gasteiger charge is -2.09. The molecule has 1 heterocycles. The summed E-state index contributed by atoms with van der Waals surface area (Å²) < 4.78 is 5.26. The largest absolute Gasteiger partial charge is 0.472 e. The highest BCUT2D eigenvalue weighted by molar-refractivity contribution is 5.27. The van der Waals surface area contributed by atoms with Gasteiger partial charge < -0.3 is 16.2 Å². The zero-order chi connectivity index (χ0) is 8.97. The van der Waals surface area contributed by atoms with Crippen molar-refractivity contribution in [1.29, 1.82) is 0 Å². The summed E-state index contributed by atoms with van der Waals surface area (Å²) in [4.78, 5) is 0. The monoisotopic (exact) mass is 168 g/mol. The second kappa shape index (κ2) is 3.87. The lowest BCUT2D eigenvalue weighted by Crippen LogP contribution is -2.23. The molecule has 5 heteroatoms. The number of nitrogen functional groups attached to an aromatic ring is 1. The van der Waals surface area contributed by atoms with E-state index in [1.807, 2.05) is 6.92 Å². The van der Waals surface area contributed by atoms with Crippen LogP contribution in [0.3, 0.4) is 0 Å². The van der Waals surface area contributed by atoms with Crippen LogP contribution >= 0.6 is 0 Å². The number of nitrogens with zero attached hydrogens (tertiary/aromatic N) is 2. The molecule has 0 bridgehead atoms. The van der Waals surface area contributed by atoms with Crippen LogP contribution in [0, 0.1) is 0 Å². The molecule has 1 atom stereocenters. The molecule has 4 N–H and O–H groups in total. The van der Waals surface area contributed by atoms with Crippen LogP contribution < -0.4 is 16.2 Å². The second-order valence-electron chi connectivity index (χ2n) is 2.46. The highest BCUT2D eigenvalue weighted by Crippen LogP contribution is 2.06. The number of aromatic nitrogens is 2. The van der Waals surface area contributed by atoms with Gasteiger partial charge in [-0.2, -0.15) is 0 Å². The first-order chi connectivity index (χ1) is 5.72. The van der Waals surface area contributed by atoms with Crippen molar-refractivity contribution in [3.05, 3.63) is 12.1 Å². The van der Waals surface area contributed by atoms with E-state index in [1.165, 1.54) is 0 Å². The summed E-state index contributed by atoms with van der Waals surface area (Å²) >= 11 is 0. The Bertz CT molecular complexity index is 236. The zero-order valence-corrected chi connectivity index (χ0v) is 6.90. The van der Waals surface area contributed by atoms with E-state index >= 15 is 0 Å². The number of nitrogens with two attached hydrogens (primary N) is 2.